The molecule has 1 saturated carbocycles. The largest absolute Gasteiger partial charge is 0.488 e. The van der Waals surface area contributed by atoms with Gasteiger partial charge in [-0.1, -0.05) is 63.6 Å². The molecule has 2 aromatic rings. The van der Waals surface area contributed by atoms with Crippen molar-refractivity contribution in [1.82, 2.24) is 4.90 Å². The molecule has 374 valence electrons. The van der Waals surface area contributed by atoms with E-state index in [-0.39, 0.29) is 43.4 Å². The SMILES string of the molecule is CCC1C=C(C)CC(C)CC(OC)C2OC(O)(C(=O)C(=O)N3CCCCC3C(=O)OC(C(C)=CC3CCC(Oc4ccc(Oc5ccccc5)cc4)C(O)C3)C(C)C(O)CC1=O)C(C)CC2OC. The number of allylic oxidation sites excluding steroid dienone is 3. The van der Waals surface area contributed by atoms with Gasteiger partial charge in [-0.05, 0) is 132 Å². The molecule has 2 saturated heterocycles. The molecule has 14 unspecified atom stereocenters. The van der Waals surface area contributed by atoms with Gasteiger partial charge in [0.2, 0.25) is 5.79 Å². The van der Waals surface area contributed by atoms with E-state index >= 15 is 0 Å². The first-order valence-corrected chi connectivity index (χ1v) is 24.7. The summed E-state index contributed by atoms with van der Waals surface area (Å²) in [5.74, 6) is -5.87. The smallest absolute Gasteiger partial charge is 0.329 e. The minimum absolute atomic E-state index is 0.0178. The molecular weight excluding hydrogens is 871 g/mol. The van der Waals surface area contributed by atoms with Crippen molar-refractivity contribution in [3.63, 3.8) is 0 Å². The third kappa shape index (κ3) is 12.8. The minimum Gasteiger partial charge on any atom is -0.488 e. The van der Waals surface area contributed by atoms with Gasteiger partial charge in [0.15, 0.2) is 0 Å². The summed E-state index contributed by atoms with van der Waals surface area (Å²) in [5.41, 5.74) is 1.60. The van der Waals surface area contributed by atoms with Gasteiger partial charge in [0.1, 0.15) is 47.4 Å². The Kier molecular flexibility index (Phi) is 18.6. The monoisotopic (exact) mass is 946 g/mol. The number of fused-ring (bicyclic) bond motifs is 3. The number of hydrogen-bond donors (Lipinski definition) is 3. The Morgan fingerprint density at radius 2 is 1.49 bits per heavy atom. The number of benzene rings is 2. The highest BCUT2D eigenvalue weighted by Crippen LogP contribution is 2.40. The quantitative estimate of drug-likeness (QED) is 0.126. The van der Waals surface area contributed by atoms with E-state index in [2.05, 4.69) is 0 Å². The number of piperidine rings is 1. The van der Waals surface area contributed by atoms with Crippen molar-refractivity contribution in [3.8, 4) is 17.2 Å². The van der Waals surface area contributed by atoms with Gasteiger partial charge in [-0.2, -0.15) is 0 Å². The molecular formula is C54H75NO13. The number of rotatable bonds is 9. The van der Waals surface area contributed by atoms with E-state index in [9.17, 15) is 34.5 Å². The summed E-state index contributed by atoms with van der Waals surface area (Å²) in [6, 6.07) is 15.5. The van der Waals surface area contributed by atoms with Crippen molar-refractivity contribution in [2.75, 3.05) is 20.8 Å². The van der Waals surface area contributed by atoms with Crippen molar-refractivity contribution < 1.29 is 62.9 Å². The Hall–Kier alpha value is -4.44. The lowest BCUT2D eigenvalue weighted by Gasteiger charge is -2.47. The molecule has 1 aliphatic carbocycles. The molecule has 6 rings (SSSR count). The highest BCUT2D eigenvalue weighted by molar-refractivity contribution is 6.39. The maximum absolute atomic E-state index is 14.5. The number of aliphatic hydroxyl groups excluding tert-OH is 2. The van der Waals surface area contributed by atoms with Crippen molar-refractivity contribution in [2.24, 2.45) is 29.6 Å². The number of ether oxygens (including phenoxy) is 6. The number of cyclic esters (lactones) is 1. The van der Waals surface area contributed by atoms with Gasteiger partial charge in [-0.3, -0.25) is 14.4 Å². The van der Waals surface area contributed by atoms with Crippen LogP contribution in [-0.2, 0) is 38.1 Å². The zero-order valence-electron chi connectivity index (χ0n) is 41.2. The molecule has 68 heavy (non-hydrogen) atoms. The maximum Gasteiger partial charge on any atom is 0.329 e. The summed E-state index contributed by atoms with van der Waals surface area (Å²) in [7, 11) is 3.06. The summed E-state index contributed by atoms with van der Waals surface area (Å²) in [6.07, 6.45) is 2.82. The number of aliphatic hydroxyl groups is 3. The predicted molar refractivity (Wildman–Crippen MR) is 255 cm³/mol. The number of nitrogens with zero attached hydrogens (tertiary/aromatic N) is 1. The molecule has 3 fully saturated rings. The van der Waals surface area contributed by atoms with E-state index in [0.29, 0.717) is 68.4 Å². The molecule has 0 spiro atoms. The number of esters is 1. The lowest BCUT2D eigenvalue weighted by Crippen LogP contribution is -2.64. The molecule has 3 heterocycles. The van der Waals surface area contributed by atoms with Crippen LogP contribution >= 0.6 is 0 Å². The van der Waals surface area contributed by atoms with Crippen LogP contribution < -0.4 is 9.47 Å². The Labute approximate surface area is 402 Å². The van der Waals surface area contributed by atoms with Crippen LogP contribution in [0, 0.1) is 29.6 Å². The van der Waals surface area contributed by atoms with Gasteiger partial charge >= 0.3 is 5.97 Å². The van der Waals surface area contributed by atoms with E-state index in [1.807, 2.05) is 94.4 Å². The number of methoxy groups -OCH3 is 2. The Balaban J connectivity index is 1.25. The number of hydrogen-bond acceptors (Lipinski definition) is 13. The van der Waals surface area contributed by atoms with Crippen molar-refractivity contribution in [1.29, 1.82) is 0 Å². The zero-order valence-corrected chi connectivity index (χ0v) is 41.2. The molecule has 0 aromatic heterocycles. The second kappa shape index (κ2) is 23.9. The second-order valence-corrected chi connectivity index (χ2v) is 19.9. The van der Waals surface area contributed by atoms with Crippen LogP contribution in [-0.4, -0.2) is 119 Å². The summed E-state index contributed by atoms with van der Waals surface area (Å²) in [4.78, 5) is 58.4. The van der Waals surface area contributed by atoms with Crippen LogP contribution in [0.2, 0.25) is 0 Å². The number of carbonyl (C=O) groups is 4. The Morgan fingerprint density at radius 3 is 2.15 bits per heavy atom. The lowest BCUT2D eigenvalue weighted by molar-refractivity contribution is -0.302. The second-order valence-electron chi connectivity index (χ2n) is 19.9. The highest BCUT2D eigenvalue weighted by Gasteiger charge is 2.56. The maximum atomic E-state index is 14.5. The predicted octanol–water partition coefficient (Wildman–Crippen LogP) is 7.70. The first-order chi connectivity index (χ1) is 32.5. The molecule has 4 aliphatic rings. The fourth-order valence-electron chi connectivity index (χ4n) is 10.7. The van der Waals surface area contributed by atoms with Gasteiger partial charge < -0.3 is 48.6 Å². The van der Waals surface area contributed by atoms with Crippen LogP contribution in [0.15, 0.2) is 77.9 Å². The van der Waals surface area contributed by atoms with Crippen LogP contribution in [0.5, 0.6) is 17.2 Å². The fraction of sp³-hybridized carbons (Fsp3) is 0.630. The zero-order chi connectivity index (χ0) is 49.3. The normalized spacial score (nSPS) is 35.3. The summed E-state index contributed by atoms with van der Waals surface area (Å²) < 4.78 is 36.5. The van der Waals surface area contributed by atoms with E-state index in [1.165, 1.54) is 19.1 Å². The Morgan fingerprint density at radius 1 is 0.824 bits per heavy atom. The first-order valence-electron chi connectivity index (χ1n) is 24.7. The van der Waals surface area contributed by atoms with Crippen LogP contribution in [0.25, 0.3) is 0 Å². The number of amides is 1. The molecule has 14 nitrogen and oxygen atoms in total. The van der Waals surface area contributed by atoms with E-state index in [1.54, 1.807) is 13.8 Å². The average molecular weight is 946 g/mol. The highest BCUT2D eigenvalue weighted by atomic mass is 16.7. The topological polar surface area (TPSA) is 188 Å². The average Bonchev–Trinajstić information content (AvgIpc) is 3.33. The number of ketones is 2. The van der Waals surface area contributed by atoms with E-state index in [0.717, 1.165) is 11.3 Å². The molecule has 14 heteroatoms. The van der Waals surface area contributed by atoms with Crippen LogP contribution in [0.3, 0.4) is 0 Å². The third-order valence-corrected chi connectivity index (χ3v) is 14.7. The van der Waals surface area contributed by atoms with Gasteiger partial charge in [-0.25, -0.2) is 4.79 Å². The van der Waals surface area contributed by atoms with Gasteiger partial charge in [-0.15, -0.1) is 0 Å². The van der Waals surface area contributed by atoms with E-state index < -0.39 is 90.0 Å². The summed E-state index contributed by atoms with van der Waals surface area (Å²) in [6.45, 7) is 11.2. The Bertz CT molecular complexity index is 2070. The van der Waals surface area contributed by atoms with Crippen molar-refractivity contribution >= 4 is 23.4 Å². The number of carbonyl (C=O) groups excluding carboxylic acids is 4. The third-order valence-electron chi connectivity index (χ3n) is 14.7. The van der Waals surface area contributed by atoms with Gasteiger partial charge in [0.05, 0.1) is 24.4 Å². The van der Waals surface area contributed by atoms with Crippen LogP contribution in [0.1, 0.15) is 112 Å². The lowest BCUT2D eigenvalue weighted by atomic mass is 9.81. The molecule has 3 aliphatic heterocycles. The molecule has 3 N–H and O–H groups in total. The van der Waals surface area contributed by atoms with Crippen molar-refractivity contribution in [2.45, 2.75) is 167 Å². The summed E-state index contributed by atoms with van der Waals surface area (Å²) >= 11 is 0. The molecule has 1 amide bonds. The molecule has 14 atom stereocenters. The first kappa shape index (κ1) is 52.9. The summed E-state index contributed by atoms with van der Waals surface area (Å²) in [5, 5.41) is 35.3. The number of Topliss-reactive ketones (excluding diaryl/α,β-unsaturated/α-hetero) is 2. The van der Waals surface area contributed by atoms with E-state index in [4.69, 9.17) is 28.4 Å². The van der Waals surface area contributed by atoms with Crippen molar-refractivity contribution in [3.05, 3.63) is 77.9 Å². The van der Waals surface area contributed by atoms with Gasteiger partial charge in [0, 0.05) is 44.9 Å². The van der Waals surface area contributed by atoms with Gasteiger partial charge in [0.25, 0.3) is 11.7 Å². The number of para-hydroxylation sites is 1. The molecule has 2 bridgehead atoms. The minimum atomic E-state index is -2.52. The standard InChI is InChI=1S/C54H75NO13/c1-9-38-26-32(2)25-33(3)27-47(63-7)50-48(64-8)29-35(5)54(62,68-50)51(59)52(60)55-24-14-13-17-42(55)53(61)67-49(36(6)43(56)31-44(38)57)34(4)28-37-18-23-46(45(58)30-37)66-41-21-19-40(20-22-41)65-39-15-11-10-12-16-39/h10-12,15-16,19-22,26,28,33,35-38,42-43,45-50,56,58,62H,9,13-14,17-18,23-25,27,29-31H2,1-8H3. The molecule has 0 radical (unpaired) electrons. The van der Waals surface area contributed by atoms with Crippen LogP contribution in [0.4, 0.5) is 0 Å². The fourth-order valence-corrected chi connectivity index (χ4v) is 10.7. The molecule has 2 aromatic carbocycles.